The van der Waals surface area contributed by atoms with Crippen LogP contribution in [0.15, 0.2) is 51.4 Å². The number of carbonyl (C=O) groups excluding carboxylic acids is 3. The van der Waals surface area contributed by atoms with Crippen molar-refractivity contribution >= 4 is 49.6 Å². The standard InChI is InChI=1S/C21H16Br2O5/c1-3-20(17(24)11-4-6-12(22)7-5-11)16-14-10-13(23)8-9-15(14)28-19(26)21(16,20)18(25)27-2/h4-10,16H,3H2,1-2H3/t16-,20-,21-/m1/s1. The van der Waals surface area contributed by atoms with Gasteiger partial charge in [0.1, 0.15) is 5.75 Å². The molecule has 1 aliphatic heterocycles. The highest BCUT2D eigenvalue weighted by Gasteiger charge is 2.90. The predicted molar refractivity (Wildman–Crippen MR) is 108 cm³/mol. The SMILES string of the molecule is CC[C@]1(C(=O)c2ccc(Br)cc2)[C@H]2c3cc(Br)ccc3OC(=O)[C@]21C(=O)OC. The van der Waals surface area contributed by atoms with E-state index in [1.165, 1.54) is 7.11 Å². The summed E-state index contributed by atoms with van der Waals surface area (Å²) in [5.41, 5.74) is -1.83. The van der Waals surface area contributed by atoms with Gasteiger partial charge in [0, 0.05) is 26.0 Å². The Kier molecular flexibility index (Phi) is 4.50. The van der Waals surface area contributed by atoms with Crippen molar-refractivity contribution in [2.45, 2.75) is 19.3 Å². The van der Waals surface area contributed by atoms with E-state index in [0.717, 1.165) is 8.95 Å². The smallest absolute Gasteiger partial charge is 0.330 e. The number of ketones is 1. The Morgan fingerprint density at radius 3 is 2.36 bits per heavy atom. The van der Waals surface area contributed by atoms with Gasteiger partial charge in [-0.15, -0.1) is 0 Å². The fourth-order valence-corrected chi connectivity index (χ4v) is 5.35. The Labute approximate surface area is 178 Å². The number of esters is 2. The Hall–Kier alpha value is -1.99. The molecule has 2 aromatic rings. The van der Waals surface area contributed by atoms with Gasteiger partial charge in [-0.2, -0.15) is 0 Å². The molecular weight excluding hydrogens is 492 g/mol. The van der Waals surface area contributed by atoms with Gasteiger partial charge < -0.3 is 9.47 Å². The lowest BCUT2D eigenvalue weighted by atomic mass is 9.83. The molecule has 3 atom stereocenters. The van der Waals surface area contributed by atoms with E-state index >= 15 is 0 Å². The predicted octanol–water partition coefficient (Wildman–Crippen LogP) is 4.67. The van der Waals surface area contributed by atoms with Crippen LogP contribution < -0.4 is 4.74 Å². The number of fused-ring (bicyclic) bond motifs is 3. The van der Waals surface area contributed by atoms with Crippen molar-refractivity contribution in [3.8, 4) is 5.75 Å². The van der Waals surface area contributed by atoms with Crippen molar-refractivity contribution < 1.29 is 23.9 Å². The number of halogens is 2. The van der Waals surface area contributed by atoms with Gasteiger partial charge in [-0.1, -0.05) is 50.9 Å². The number of hydrogen-bond acceptors (Lipinski definition) is 5. The molecule has 0 N–H and O–H groups in total. The summed E-state index contributed by atoms with van der Waals surface area (Å²) in [4.78, 5) is 39.6. The first-order valence-electron chi connectivity index (χ1n) is 8.75. The maximum atomic E-state index is 13.7. The quantitative estimate of drug-likeness (QED) is 0.260. The minimum atomic E-state index is -1.67. The molecule has 0 saturated heterocycles. The first-order valence-corrected chi connectivity index (χ1v) is 10.3. The number of rotatable bonds is 4. The minimum Gasteiger partial charge on any atom is -0.468 e. The number of methoxy groups -OCH3 is 1. The summed E-state index contributed by atoms with van der Waals surface area (Å²) in [6.45, 7) is 1.81. The van der Waals surface area contributed by atoms with Gasteiger partial charge in [-0.3, -0.25) is 14.4 Å². The fourth-order valence-electron chi connectivity index (χ4n) is 4.71. The van der Waals surface area contributed by atoms with Gasteiger partial charge in [0.15, 0.2) is 11.2 Å². The zero-order chi connectivity index (χ0) is 20.3. The van der Waals surface area contributed by atoms with Gasteiger partial charge >= 0.3 is 11.9 Å². The Bertz CT molecular complexity index is 1020. The molecule has 0 aromatic heterocycles. The van der Waals surface area contributed by atoms with E-state index in [4.69, 9.17) is 9.47 Å². The zero-order valence-electron chi connectivity index (χ0n) is 15.1. The van der Waals surface area contributed by atoms with E-state index in [1.807, 2.05) is 6.92 Å². The van der Waals surface area contributed by atoms with Crippen LogP contribution in [0.4, 0.5) is 0 Å². The summed E-state index contributed by atoms with van der Waals surface area (Å²) < 4.78 is 12.1. The van der Waals surface area contributed by atoms with Crippen LogP contribution >= 0.6 is 31.9 Å². The van der Waals surface area contributed by atoms with Crippen molar-refractivity contribution in [2.24, 2.45) is 10.8 Å². The van der Waals surface area contributed by atoms with E-state index in [9.17, 15) is 14.4 Å². The van der Waals surface area contributed by atoms with Crippen LogP contribution in [0.1, 0.15) is 35.2 Å². The van der Waals surface area contributed by atoms with Gasteiger partial charge in [0.25, 0.3) is 0 Å². The van der Waals surface area contributed by atoms with Gasteiger partial charge in [-0.05, 0) is 36.8 Å². The van der Waals surface area contributed by atoms with E-state index in [2.05, 4.69) is 31.9 Å². The molecule has 4 rings (SSSR count). The molecule has 1 heterocycles. The Morgan fingerprint density at radius 2 is 1.75 bits per heavy atom. The highest BCUT2D eigenvalue weighted by Crippen LogP contribution is 2.80. The number of carbonyl (C=O) groups is 3. The van der Waals surface area contributed by atoms with Crippen LogP contribution in [-0.4, -0.2) is 24.8 Å². The van der Waals surface area contributed by atoms with E-state index < -0.39 is 28.7 Å². The van der Waals surface area contributed by atoms with Crippen molar-refractivity contribution in [1.29, 1.82) is 0 Å². The van der Waals surface area contributed by atoms with Crippen LogP contribution in [0.3, 0.4) is 0 Å². The summed E-state index contributed by atoms with van der Waals surface area (Å²) in [6, 6.07) is 12.1. The molecule has 0 amide bonds. The maximum absolute atomic E-state index is 13.7. The van der Waals surface area contributed by atoms with Crippen LogP contribution in [0.25, 0.3) is 0 Å². The molecule has 5 nitrogen and oxygen atoms in total. The van der Waals surface area contributed by atoms with Crippen LogP contribution in [0.5, 0.6) is 5.75 Å². The monoisotopic (exact) mass is 506 g/mol. The van der Waals surface area contributed by atoms with Crippen LogP contribution in [-0.2, 0) is 14.3 Å². The third-order valence-corrected chi connectivity index (χ3v) is 6.95. The van der Waals surface area contributed by atoms with Crippen molar-refractivity contribution in [2.75, 3.05) is 7.11 Å². The molecular formula is C21H16Br2O5. The molecule has 7 heteroatoms. The fraction of sp³-hybridized carbons (Fsp3) is 0.286. The largest absolute Gasteiger partial charge is 0.468 e. The molecule has 0 spiro atoms. The normalized spacial score (nSPS) is 27.3. The molecule has 1 saturated carbocycles. The highest BCUT2D eigenvalue weighted by atomic mass is 79.9. The minimum absolute atomic E-state index is 0.261. The zero-order valence-corrected chi connectivity index (χ0v) is 18.3. The number of ether oxygens (including phenoxy) is 2. The summed E-state index contributed by atoms with van der Waals surface area (Å²) in [6.07, 6.45) is 0.294. The van der Waals surface area contributed by atoms with E-state index in [1.54, 1.807) is 42.5 Å². The van der Waals surface area contributed by atoms with E-state index in [-0.39, 0.29) is 5.78 Å². The first kappa shape index (κ1) is 19.3. The summed E-state index contributed by atoms with van der Waals surface area (Å²) in [5.74, 6) is -1.99. The second-order valence-corrected chi connectivity index (χ2v) is 8.80. The lowest BCUT2D eigenvalue weighted by Crippen LogP contribution is -2.40. The molecule has 2 aromatic carbocycles. The number of Topliss-reactive ketones (excluding diaryl/α,β-unsaturated/α-hetero) is 1. The molecule has 28 heavy (non-hydrogen) atoms. The van der Waals surface area contributed by atoms with Crippen molar-refractivity contribution in [3.05, 3.63) is 62.5 Å². The van der Waals surface area contributed by atoms with Gasteiger partial charge in [0.05, 0.1) is 12.5 Å². The average molecular weight is 508 g/mol. The summed E-state index contributed by atoms with van der Waals surface area (Å²) >= 11 is 6.78. The number of benzene rings is 2. The van der Waals surface area contributed by atoms with Gasteiger partial charge in [0.2, 0.25) is 0 Å². The third-order valence-electron chi connectivity index (χ3n) is 5.93. The van der Waals surface area contributed by atoms with Crippen molar-refractivity contribution in [1.82, 2.24) is 0 Å². The molecule has 0 bridgehead atoms. The molecule has 144 valence electrons. The first-order chi connectivity index (χ1) is 13.3. The van der Waals surface area contributed by atoms with E-state index in [0.29, 0.717) is 23.3 Å². The lowest BCUT2D eigenvalue weighted by Gasteiger charge is -2.22. The van der Waals surface area contributed by atoms with Crippen LogP contribution in [0, 0.1) is 10.8 Å². The molecule has 2 aliphatic rings. The Morgan fingerprint density at radius 1 is 1.11 bits per heavy atom. The molecule has 1 fully saturated rings. The second-order valence-electron chi connectivity index (χ2n) is 6.97. The van der Waals surface area contributed by atoms with Gasteiger partial charge in [-0.25, -0.2) is 0 Å². The summed E-state index contributed by atoms with van der Waals surface area (Å²) in [5, 5.41) is 0. The topological polar surface area (TPSA) is 69.7 Å². The Balaban J connectivity index is 1.95. The second kappa shape index (κ2) is 6.52. The molecule has 0 unspecified atom stereocenters. The van der Waals surface area contributed by atoms with Crippen LogP contribution in [0.2, 0.25) is 0 Å². The van der Waals surface area contributed by atoms with Crippen molar-refractivity contribution in [3.63, 3.8) is 0 Å². The highest BCUT2D eigenvalue weighted by molar-refractivity contribution is 9.10. The third kappa shape index (κ3) is 2.26. The maximum Gasteiger partial charge on any atom is 0.330 e. The average Bonchev–Trinajstić information content (AvgIpc) is 3.35. The summed E-state index contributed by atoms with van der Waals surface area (Å²) in [7, 11) is 1.22. The number of hydrogen-bond donors (Lipinski definition) is 0. The molecule has 1 aliphatic carbocycles. The lowest BCUT2D eigenvalue weighted by molar-refractivity contribution is -0.160. The molecule has 0 radical (unpaired) electrons.